The molecule has 1 heterocycles. The van der Waals surface area contributed by atoms with Crippen LogP contribution < -0.4 is 10.5 Å². The second-order valence-electron chi connectivity index (χ2n) is 4.72. The quantitative estimate of drug-likeness (QED) is 0.914. The Morgan fingerprint density at radius 1 is 1.37 bits per heavy atom. The van der Waals surface area contributed by atoms with Crippen LogP contribution in [0, 0.1) is 0 Å². The molecular weight excluding hydrogens is 264 g/mol. The first kappa shape index (κ1) is 12.4. The van der Waals surface area contributed by atoms with Crippen molar-refractivity contribution in [3.05, 3.63) is 28.4 Å². The van der Waals surface area contributed by atoms with Gasteiger partial charge in [0.2, 0.25) is 5.88 Å². The third-order valence-electron chi connectivity index (χ3n) is 3.63. The summed E-state index contributed by atoms with van der Waals surface area (Å²) in [4.78, 5) is 0. The maximum Gasteiger partial charge on any atom is 0.230 e. The first-order chi connectivity index (χ1) is 9.22. The van der Waals surface area contributed by atoms with Crippen molar-refractivity contribution in [2.75, 3.05) is 12.8 Å². The molecule has 0 aliphatic heterocycles. The van der Waals surface area contributed by atoms with Crippen molar-refractivity contribution in [2.45, 2.75) is 25.7 Å². The van der Waals surface area contributed by atoms with E-state index in [0.29, 0.717) is 16.7 Å². The van der Waals surface area contributed by atoms with Crippen LogP contribution in [0.3, 0.4) is 0 Å². The van der Waals surface area contributed by atoms with E-state index in [1.54, 1.807) is 13.3 Å². The van der Waals surface area contributed by atoms with Crippen molar-refractivity contribution in [1.29, 1.82) is 0 Å². The molecule has 0 amide bonds. The normalized spacial score (nSPS) is 14.2. The molecular formula is C14H15ClN2O2. The molecule has 0 spiro atoms. The van der Waals surface area contributed by atoms with E-state index in [1.165, 1.54) is 17.5 Å². The van der Waals surface area contributed by atoms with Crippen LogP contribution in [0.5, 0.6) is 5.75 Å². The summed E-state index contributed by atoms with van der Waals surface area (Å²) in [6.07, 6.45) is 6.02. The molecule has 0 fully saturated rings. The van der Waals surface area contributed by atoms with Gasteiger partial charge in [0.05, 0.1) is 23.9 Å². The molecule has 2 aromatic rings. The van der Waals surface area contributed by atoms with E-state index in [0.717, 1.165) is 30.4 Å². The molecule has 3 rings (SSSR count). The molecule has 1 aromatic heterocycles. The van der Waals surface area contributed by atoms with Crippen molar-refractivity contribution >= 4 is 17.5 Å². The summed E-state index contributed by atoms with van der Waals surface area (Å²) in [5, 5.41) is 4.36. The number of halogens is 1. The van der Waals surface area contributed by atoms with Crippen molar-refractivity contribution < 1.29 is 9.26 Å². The van der Waals surface area contributed by atoms with Crippen molar-refractivity contribution in [3.8, 4) is 16.9 Å². The van der Waals surface area contributed by atoms with Gasteiger partial charge in [-0.25, -0.2) is 0 Å². The van der Waals surface area contributed by atoms with Crippen LogP contribution in [-0.4, -0.2) is 12.3 Å². The zero-order valence-corrected chi connectivity index (χ0v) is 11.5. The molecule has 0 bridgehead atoms. The summed E-state index contributed by atoms with van der Waals surface area (Å²) in [5.74, 6) is 0.950. The lowest BCUT2D eigenvalue weighted by Gasteiger charge is -2.22. The molecule has 0 radical (unpaired) electrons. The predicted octanol–water partition coefficient (Wildman–Crippen LogP) is 3.46. The zero-order chi connectivity index (χ0) is 13.4. The van der Waals surface area contributed by atoms with Gasteiger partial charge in [-0.05, 0) is 42.9 Å². The monoisotopic (exact) mass is 278 g/mol. The summed E-state index contributed by atoms with van der Waals surface area (Å²) >= 11 is 6.32. The number of nitrogens with two attached hydrogens (primary N) is 1. The Kier molecular flexibility index (Phi) is 3.11. The highest BCUT2D eigenvalue weighted by molar-refractivity contribution is 6.32. The Morgan fingerprint density at radius 2 is 2.16 bits per heavy atom. The summed E-state index contributed by atoms with van der Waals surface area (Å²) in [5.41, 5.74) is 10.1. The summed E-state index contributed by atoms with van der Waals surface area (Å²) < 4.78 is 10.4. The fourth-order valence-corrected chi connectivity index (χ4v) is 3.07. The van der Waals surface area contributed by atoms with E-state index in [2.05, 4.69) is 5.16 Å². The van der Waals surface area contributed by atoms with Crippen LogP contribution >= 0.6 is 11.6 Å². The molecule has 1 aliphatic carbocycles. The fraction of sp³-hybridized carbons (Fsp3) is 0.357. The molecule has 5 heteroatoms. The molecule has 0 saturated carbocycles. The van der Waals surface area contributed by atoms with E-state index in [9.17, 15) is 0 Å². The molecule has 0 unspecified atom stereocenters. The zero-order valence-electron chi connectivity index (χ0n) is 10.7. The number of aryl methyl sites for hydroxylation is 1. The van der Waals surface area contributed by atoms with Gasteiger partial charge in [0.15, 0.2) is 0 Å². The summed E-state index contributed by atoms with van der Waals surface area (Å²) in [6.45, 7) is 0. The summed E-state index contributed by atoms with van der Waals surface area (Å²) in [6, 6.07) is 2.00. The van der Waals surface area contributed by atoms with Crippen LogP contribution in [0.25, 0.3) is 11.1 Å². The SMILES string of the molecule is COc1c(Cl)cc2c(c1-c1cnoc1N)CCCC2. The van der Waals surface area contributed by atoms with Gasteiger partial charge in [0.25, 0.3) is 0 Å². The number of anilines is 1. The molecule has 1 aliphatic rings. The minimum atomic E-state index is 0.299. The maximum atomic E-state index is 6.32. The molecule has 19 heavy (non-hydrogen) atoms. The fourth-order valence-electron chi connectivity index (χ4n) is 2.77. The summed E-state index contributed by atoms with van der Waals surface area (Å²) in [7, 11) is 1.61. The highest BCUT2D eigenvalue weighted by atomic mass is 35.5. The number of methoxy groups -OCH3 is 1. The molecule has 2 N–H and O–H groups in total. The Bertz CT molecular complexity index is 622. The van der Waals surface area contributed by atoms with E-state index in [4.69, 9.17) is 26.6 Å². The second kappa shape index (κ2) is 4.78. The average molecular weight is 279 g/mol. The highest BCUT2D eigenvalue weighted by Gasteiger charge is 2.24. The first-order valence-corrected chi connectivity index (χ1v) is 6.69. The minimum Gasteiger partial charge on any atom is -0.495 e. The smallest absolute Gasteiger partial charge is 0.230 e. The highest BCUT2D eigenvalue weighted by Crippen LogP contribution is 2.44. The topological polar surface area (TPSA) is 61.3 Å². The molecule has 1 aromatic carbocycles. The Morgan fingerprint density at radius 3 is 2.84 bits per heavy atom. The van der Waals surface area contributed by atoms with Crippen molar-refractivity contribution in [2.24, 2.45) is 0 Å². The number of hydrogen-bond acceptors (Lipinski definition) is 4. The number of nitrogen functional groups attached to an aromatic ring is 1. The lowest BCUT2D eigenvalue weighted by atomic mass is 9.86. The Balaban J connectivity index is 2.31. The second-order valence-corrected chi connectivity index (χ2v) is 5.12. The van der Waals surface area contributed by atoms with Crippen LogP contribution in [0.2, 0.25) is 5.02 Å². The standard InChI is InChI=1S/C14H15ClN2O2/c1-18-13-11(15)6-8-4-2-3-5-9(8)12(13)10-7-17-19-14(10)16/h6-7H,2-5,16H2,1H3. The van der Waals surface area contributed by atoms with Crippen molar-refractivity contribution in [3.63, 3.8) is 0 Å². The number of rotatable bonds is 2. The van der Waals surface area contributed by atoms with Gasteiger partial charge in [-0.1, -0.05) is 16.8 Å². The van der Waals surface area contributed by atoms with E-state index in [1.807, 2.05) is 6.07 Å². The number of hydrogen-bond donors (Lipinski definition) is 1. The van der Waals surface area contributed by atoms with E-state index < -0.39 is 0 Å². The van der Waals surface area contributed by atoms with Gasteiger partial charge in [-0.2, -0.15) is 0 Å². The Hall–Kier alpha value is -1.68. The van der Waals surface area contributed by atoms with Crippen LogP contribution in [-0.2, 0) is 12.8 Å². The van der Waals surface area contributed by atoms with Gasteiger partial charge in [0.1, 0.15) is 5.75 Å². The van der Waals surface area contributed by atoms with Gasteiger partial charge in [-0.15, -0.1) is 0 Å². The molecule has 0 atom stereocenters. The van der Waals surface area contributed by atoms with Gasteiger partial charge in [0, 0.05) is 5.56 Å². The van der Waals surface area contributed by atoms with E-state index in [-0.39, 0.29) is 0 Å². The third-order valence-corrected chi connectivity index (χ3v) is 3.91. The van der Waals surface area contributed by atoms with Crippen LogP contribution in [0.15, 0.2) is 16.8 Å². The largest absolute Gasteiger partial charge is 0.495 e. The third kappa shape index (κ3) is 1.96. The van der Waals surface area contributed by atoms with Crippen LogP contribution in [0.1, 0.15) is 24.0 Å². The number of aromatic nitrogens is 1. The maximum absolute atomic E-state index is 6.32. The van der Waals surface area contributed by atoms with Crippen LogP contribution in [0.4, 0.5) is 5.88 Å². The number of ether oxygens (including phenoxy) is 1. The Labute approximate surface area is 116 Å². The van der Waals surface area contributed by atoms with Gasteiger partial charge < -0.3 is 15.0 Å². The van der Waals surface area contributed by atoms with E-state index >= 15 is 0 Å². The average Bonchev–Trinajstić information content (AvgIpc) is 2.83. The number of nitrogens with zero attached hydrogens (tertiary/aromatic N) is 1. The van der Waals surface area contributed by atoms with Crippen molar-refractivity contribution in [1.82, 2.24) is 5.16 Å². The number of fused-ring (bicyclic) bond motifs is 1. The molecule has 100 valence electrons. The van der Waals surface area contributed by atoms with Gasteiger partial charge in [-0.3, -0.25) is 0 Å². The minimum absolute atomic E-state index is 0.299. The molecule has 4 nitrogen and oxygen atoms in total. The first-order valence-electron chi connectivity index (χ1n) is 6.31. The lowest BCUT2D eigenvalue weighted by molar-refractivity contribution is 0.415. The predicted molar refractivity (Wildman–Crippen MR) is 74.6 cm³/mol. The van der Waals surface area contributed by atoms with Gasteiger partial charge >= 0.3 is 0 Å². The lowest BCUT2D eigenvalue weighted by Crippen LogP contribution is -2.07. The molecule has 0 saturated heterocycles. The number of benzene rings is 1.